The van der Waals surface area contributed by atoms with Crippen molar-refractivity contribution < 1.29 is 0 Å². The van der Waals surface area contributed by atoms with Crippen molar-refractivity contribution in [3.8, 4) is 0 Å². The Morgan fingerprint density at radius 1 is 1.35 bits per heavy atom. The van der Waals surface area contributed by atoms with Gasteiger partial charge in [-0.1, -0.05) is 26.7 Å². The molecule has 20 heavy (non-hydrogen) atoms. The van der Waals surface area contributed by atoms with Gasteiger partial charge in [0.05, 0.1) is 5.69 Å². The third-order valence-electron chi connectivity index (χ3n) is 4.58. The molecule has 1 aromatic heterocycles. The zero-order valence-electron chi connectivity index (χ0n) is 12.9. The first kappa shape index (κ1) is 14.9. The highest BCUT2D eigenvalue weighted by Crippen LogP contribution is 2.43. The number of aromatic nitrogens is 1. The summed E-state index contributed by atoms with van der Waals surface area (Å²) >= 11 is 4.09. The van der Waals surface area contributed by atoms with Gasteiger partial charge in [-0.15, -0.1) is 11.3 Å². The molecule has 2 nitrogen and oxygen atoms in total. The molecule has 0 amide bonds. The minimum Gasteiger partial charge on any atom is -0.312 e. The number of rotatable bonds is 4. The number of hydrogen-bond acceptors (Lipinski definition) is 4. The van der Waals surface area contributed by atoms with Gasteiger partial charge in [0.15, 0.2) is 0 Å². The molecule has 0 bridgehead atoms. The molecule has 1 unspecified atom stereocenters. The van der Waals surface area contributed by atoms with Crippen LogP contribution in [-0.2, 0) is 12.2 Å². The second-order valence-electron chi connectivity index (χ2n) is 7.02. The van der Waals surface area contributed by atoms with E-state index in [0.29, 0.717) is 11.5 Å². The first-order chi connectivity index (χ1) is 9.57. The Labute approximate surface area is 131 Å². The van der Waals surface area contributed by atoms with Gasteiger partial charge in [-0.05, 0) is 38.1 Å². The lowest BCUT2D eigenvalue weighted by molar-refractivity contribution is 0.265. The Kier molecular flexibility index (Phi) is 4.44. The Balaban J connectivity index is 1.70. The van der Waals surface area contributed by atoms with E-state index in [9.17, 15) is 0 Å². The highest BCUT2D eigenvalue weighted by molar-refractivity contribution is 7.99. The van der Waals surface area contributed by atoms with E-state index in [2.05, 4.69) is 38.0 Å². The second kappa shape index (κ2) is 5.98. The van der Waals surface area contributed by atoms with Crippen LogP contribution in [0.4, 0.5) is 0 Å². The largest absolute Gasteiger partial charge is 0.312 e. The lowest BCUT2D eigenvalue weighted by atomic mass is 9.76. The molecular weight excluding hydrogens is 284 g/mol. The predicted molar refractivity (Wildman–Crippen MR) is 89.6 cm³/mol. The predicted octanol–water partition coefficient (Wildman–Crippen LogP) is 4.55. The summed E-state index contributed by atoms with van der Waals surface area (Å²) in [5, 5.41) is 5.74. The molecule has 112 valence electrons. The van der Waals surface area contributed by atoms with Crippen molar-refractivity contribution >= 4 is 23.1 Å². The molecule has 0 radical (unpaired) electrons. The van der Waals surface area contributed by atoms with Gasteiger partial charge in [0.1, 0.15) is 5.01 Å². The normalized spacial score (nSPS) is 25.9. The quantitative estimate of drug-likeness (QED) is 0.883. The fourth-order valence-corrected chi connectivity index (χ4v) is 6.06. The molecular formula is C16H26N2S2. The number of hydrogen-bond donors (Lipinski definition) is 1. The number of fused-ring (bicyclic) bond motifs is 1. The van der Waals surface area contributed by atoms with Crippen molar-refractivity contribution in [2.24, 2.45) is 5.41 Å². The van der Waals surface area contributed by atoms with Gasteiger partial charge in [-0.2, -0.15) is 11.8 Å². The van der Waals surface area contributed by atoms with Crippen molar-refractivity contribution in [1.29, 1.82) is 0 Å². The lowest BCUT2D eigenvalue weighted by Gasteiger charge is -2.34. The summed E-state index contributed by atoms with van der Waals surface area (Å²) < 4.78 is 0. The summed E-state index contributed by atoms with van der Waals surface area (Å²) in [6.07, 6.45) is 8.08. The van der Waals surface area contributed by atoms with Crippen LogP contribution >= 0.6 is 23.1 Å². The first-order valence-corrected chi connectivity index (χ1v) is 9.71. The molecule has 1 heterocycles. The minimum absolute atomic E-state index is 0.380. The fourth-order valence-electron chi connectivity index (χ4n) is 3.52. The van der Waals surface area contributed by atoms with Crippen molar-refractivity contribution in [2.45, 2.75) is 69.4 Å². The van der Waals surface area contributed by atoms with Gasteiger partial charge in [0.25, 0.3) is 0 Å². The summed E-state index contributed by atoms with van der Waals surface area (Å²) in [6.45, 7) is 4.74. The monoisotopic (exact) mass is 310 g/mol. The molecule has 3 rings (SSSR count). The Bertz CT molecular complexity index is 461. The first-order valence-electron chi connectivity index (χ1n) is 7.85. The van der Waals surface area contributed by atoms with E-state index in [1.807, 2.05) is 11.3 Å². The van der Waals surface area contributed by atoms with E-state index >= 15 is 0 Å². The molecule has 1 fully saturated rings. The van der Waals surface area contributed by atoms with Crippen LogP contribution in [0.3, 0.4) is 0 Å². The summed E-state index contributed by atoms with van der Waals surface area (Å²) in [7, 11) is 2.09. The molecule has 0 aliphatic heterocycles. The summed E-state index contributed by atoms with van der Waals surface area (Å²) in [5.41, 5.74) is 1.75. The van der Waals surface area contributed by atoms with E-state index in [0.717, 1.165) is 17.4 Å². The number of thiazole rings is 1. The van der Waals surface area contributed by atoms with Gasteiger partial charge in [0.2, 0.25) is 0 Å². The van der Waals surface area contributed by atoms with Crippen molar-refractivity contribution in [3.05, 3.63) is 15.6 Å². The summed E-state index contributed by atoms with van der Waals surface area (Å²) in [6, 6.07) is 0.511. The van der Waals surface area contributed by atoms with Crippen LogP contribution in [0, 0.1) is 5.41 Å². The summed E-state index contributed by atoms with van der Waals surface area (Å²) in [4.78, 5) is 6.47. The van der Waals surface area contributed by atoms with Crippen LogP contribution in [0.1, 0.15) is 67.6 Å². The average Bonchev–Trinajstić information content (AvgIpc) is 3.02. The highest BCUT2D eigenvalue weighted by Gasteiger charge is 2.34. The summed E-state index contributed by atoms with van der Waals surface area (Å²) in [5.74, 6) is 1.12. The van der Waals surface area contributed by atoms with Gasteiger partial charge in [0, 0.05) is 21.9 Å². The molecule has 1 aromatic rings. The smallest absolute Gasteiger partial charge is 0.103 e. The maximum absolute atomic E-state index is 4.96. The molecule has 1 N–H and O–H groups in total. The van der Waals surface area contributed by atoms with E-state index in [-0.39, 0.29) is 0 Å². The molecule has 4 heteroatoms. The maximum atomic E-state index is 4.96. The molecule has 0 aromatic carbocycles. The van der Waals surface area contributed by atoms with Gasteiger partial charge in [-0.25, -0.2) is 4.98 Å². The van der Waals surface area contributed by atoms with E-state index in [1.165, 1.54) is 47.7 Å². The minimum atomic E-state index is 0.380. The third-order valence-corrected chi connectivity index (χ3v) is 7.36. The second-order valence-corrected chi connectivity index (χ2v) is 9.43. The molecule has 2 aliphatic rings. The lowest BCUT2D eigenvalue weighted by Crippen LogP contribution is -2.30. The Hall–Kier alpha value is -0.0600. The number of thioether (sulfide) groups is 1. The van der Waals surface area contributed by atoms with Crippen molar-refractivity contribution in [1.82, 2.24) is 10.3 Å². The molecule has 0 spiro atoms. The number of nitrogens with one attached hydrogen (secondary N) is 1. The highest BCUT2D eigenvalue weighted by atomic mass is 32.2. The van der Waals surface area contributed by atoms with Crippen molar-refractivity contribution in [2.75, 3.05) is 7.05 Å². The topological polar surface area (TPSA) is 24.9 Å². The van der Waals surface area contributed by atoms with E-state index in [4.69, 9.17) is 4.98 Å². The third kappa shape index (κ3) is 3.23. The molecule has 2 aliphatic carbocycles. The van der Waals surface area contributed by atoms with Crippen molar-refractivity contribution in [3.63, 3.8) is 0 Å². The fraction of sp³-hybridized carbons (Fsp3) is 0.812. The van der Waals surface area contributed by atoms with Gasteiger partial charge < -0.3 is 5.32 Å². The zero-order valence-corrected chi connectivity index (χ0v) is 14.5. The van der Waals surface area contributed by atoms with Crippen LogP contribution in [0.2, 0.25) is 0 Å². The van der Waals surface area contributed by atoms with Crippen LogP contribution in [0.5, 0.6) is 0 Å². The standard InChI is InChI=1S/C16H26N2S2/c1-16(2)8-12(17-3)15-13(9-16)18-14(20-15)10-19-11-6-4-5-7-11/h11-12,17H,4-10H2,1-3H3. The maximum Gasteiger partial charge on any atom is 0.103 e. The van der Waals surface area contributed by atoms with Crippen LogP contribution in [0.15, 0.2) is 0 Å². The van der Waals surface area contributed by atoms with Gasteiger partial charge >= 0.3 is 0 Å². The van der Waals surface area contributed by atoms with Gasteiger partial charge in [-0.3, -0.25) is 0 Å². The molecule has 0 saturated heterocycles. The van der Waals surface area contributed by atoms with Crippen LogP contribution < -0.4 is 5.32 Å². The SMILES string of the molecule is CNC1CC(C)(C)Cc2nc(CSC3CCCC3)sc21. The Morgan fingerprint density at radius 3 is 2.80 bits per heavy atom. The molecule has 1 saturated carbocycles. The zero-order chi connectivity index (χ0) is 14.2. The Morgan fingerprint density at radius 2 is 2.10 bits per heavy atom. The van der Waals surface area contributed by atoms with Crippen LogP contribution in [-0.4, -0.2) is 17.3 Å². The average molecular weight is 311 g/mol. The molecule has 1 atom stereocenters. The van der Waals surface area contributed by atoms with Crippen LogP contribution in [0.25, 0.3) is 0 Å². The number of nitrogens with zero attached hydrogens (tertiary/aromatic N) is 1. The van der Waals surface area contributed by atoms with E-state index in [1.54, 1.807) is 0 Å². The van der Waals surface area contributed by atoms with E-state index < -0.39 is 0 Å².